The predicted octanol–water partition coefficient (Wildman–Crippen LogP) is 2.39. The molecule has 1 aromatic rings. The molecule has 0 spiro atoms. The summed E-state index contributed by atoms with van der Waals surface area (Å²) >= 11 is 6.02. The summed E-state index contributed by atoms with van der Waals surface area (Å²) in [6, 6.07) is 2.79. The molecule has 0 amide bonds. The van der Waals surface area contributed by atoms with E-state index in [1.54, 1.807) is 13.8 Å². The minimum atomic E-state index is -3.57. The Morgan fingerprint density at radius 2 is 1.74 bits per heavy atom. The van der Waals surface area contributed by atoms with Crippen LogP contribution in [0.3, 0.4) is 0 Å². The summed E-state index contributed by atoms with van der Waals surface area (Å²) in [6.07, 6.45) is 0. The van der Waals surface area contributed by atoms with E-state index < -0.39 is 10.0 Å². The summed E-state index contributed by atoms with van der Waals surface area (Å²) in [7, 11) is -0.689. The van der Waals surface area contributed by atoms with E-state index in [0.29, 0.717) is 24.6 Å². The largest absolute Gasteiger partial charge is 0.493 e. The number of rotatable bonds is 6. The highest BCUT2D eigenvalue weighted by Gasteiger charge is 2.24. The predicted molar refractivity (Wildman–Crippen MR) is 74.7 cm³/mol. The lowest BCUT2D eigenvalue weighted by Crippen LogP contribution is -2.30. The van der Waals surface area contributed by atoms with Gasteiger partial charge in [-0.2, -0.15) is 4.31 Å². The second-order valence-corrected chi connectivity index (χ2v) is 6.08. The van der Waals surface area contributed by atoms with Gasteiger partial charge >= 0.3 is 0 Å². The maximum atomic E-state index is 12.4. The van der Waals surface area contributed by atoms with E-state index in [2.05, 4.69) is 0 Å². The van der Waals surface area contributed by atoms with Crippen molar-refractivity contribution in [3.8, 4) is 11.5 Å². The van der Waals surface area contributed by atoms with Crippen molar-refractivity contribution in [1.29, 1.82) is 0 Å². The van der Waals surface area contributed by atoms with E-state index in [1.807, 2.05) is 0 Å². The number of benzene rings is 1. The molecule has 108 valence electrons. The molecule has 0 saturated carbocycles. The highest BCUT2D eigenvalue weighted by molar-refractivity contribution is 7.89. The fourth-order valence-corrected chi connectivity index (χ4v) is 3.61. The Morgan fingerprint density at radius 1 is 1.16 bits per heavy atom. The topological polar surface area (TPSA) is 55.8 Å². The van der Waals surface area contributed by atoms with Crippen molar-refractivity contribution in [1.82, 2.24) is 4.31 Å². The Labute approximate surface area is 119 Å². The smallest absolute Gasteiger partial charge is 0.243 e. The molecular weight excluding hydrogens is 290 g/mol. The van der Waals surface area contributed by atoms with Gasteiger partial charge in [0.1, 0.15) is 0 Å². The van der Waals surface area contributed by atoms with Crippen molar-refractivity contribution in [2.45, 2.75) is 18.7 Å². The molecule has 0 aliphatic carbocycles. The minimum Gasteiger partial charge on any atom is -0.493 e. The maximum Gasteiger partial charge on any atom is 0.243 e. The van der Waals surface area contributed by atoms with Crippen LogP contribution in [0.1, 0.15) is 13.8 Å². The van der Waals surface area contributed by atoms with Crippen molar-refractivity contribution in [3.05, 3.63) is 17.2 Å². The highest BCUT2D eigenvalue weighted by Crippen LogP contribution is 2.37. The van der Waals surface area contributed by atoms with Crippen LogP contribution >= 0.6 is 11.6 Å². The number of methoxy groups -OCH3 is 2. The van der Waals surface area contributed by atoms with Gasteiger partial charge in [0.15, 0.2) is 11.5 Å². The van der Waals surface area contributed by atoms with Gasteiger partial charge in [-0.25, -0.2) is 8.42 Å². The highest BCUT2D eigenvalue weighted by atomic mass is 35.5. The molecule has 1 rings (SSSR count). The number of ether oxygens (including phenoxy) is 2. The van der Waals surface area contributed by atoms with Crippen LogP contribution in [0.15, 0.2) is 17.0 Å². The first-order valence-corrected chi connectivity index (χ1v) is 7.65. The van der Waals surface area contributed by atoms with Crippen molar-refractivity contribution in [2.24, 2.45) is 0 Å². The average molecular weight is 308 g/mol. The second kappa shape index (κ2) is 6.45. The third-order valence-electron chi connectivity index (χ3n) is 2.75. The summed E-state index contributed by atoms with van der Waals surface area (Å²) in [4.78, 5) is 0.0962. The zero-order valence-corrected chi connectivity index (χ0v) is 13.0. The van der Waals surface area contributed by atoms with Crippen molar-refractivity contribution >= 4 is 21.6 Å². The third-order valence-corrected chi connectivity index (χ3v) is 5.06. The van der Waals surface area contributed by atoms with Gasteiger partial charge in [-0.3, -0.25) is 0 Å². The fraction of sp³-hybridized carbons (Fsp3) is 0.500. The molecule has 0 saturated heterocycles. The van der Waals surface area contributed by atoms with Gasteiger partial charge in [-0.15, -0.1) is 0 Å². The van der Waals surface area contributed by atoms with E-state index in [4.69, 9.17) is 21.1 Å². The van der Waals surface area contributed by atoms with Crippen LogP contribution in [-0.2, 0) is 10.0 Å². The molecule has 0 aliphatic rings. The quantitative estimate of drug-likeness (QED) is 0.810. The van der Waals surface area contributed by atoms with Gasteiger partial charge in [0, 0.05) is 19.2 Å². The molecule has 19 heavy (non-hydrogen) atoms. The molecule has 0 radical (unpaired) electrons. The first-order valence-electron chi connectivity index (χ1n) is 5.84. The molecule has 0 aliphatic heterocycles. The Kier molecular flexibility index (Phi) is 5.46. The van der Waals surface area contributed by atoms with Gasteiger partial charge < -0.3 is 9.47 Å². The Hall–Kier alpha value is -0.980. The number of halogens is 1. The standard InChI is InChI=1S/C12H18ClNO4S/c1-5-14(6-2)19(15,16)9-7-10(13)12(18-4)11(8-9)17-3/h7-8H,5-6H2,1-4H3. The molecule has 0 heterocycles. The number of hydrogen-bond acceptors (Lipinski definition) is 4. The minimum absolute atomic E-state index is 0.0962. The van der Waals surface area contributed by atoms with Crippen LogP contribution in [0.5, 0.6) is 11.5 Å². The molecular formula is C12H18ClNO4S. The fourth-order valence-electron chi connectivity index (χ4n) is 1.76. The summed E-state index contributed by atoms with van der Waals surface area (Å²) in [5.41, 5.74) is 0. The van der Waals surface area contributed by atoms with Crippen molar-refractivity contribution in [2.75, 3.05) is 27.3 Å². The zero-order chi connectivity index (χ0) is 14.6. The van der Waals surface area contributed by atoms with Crippen LogP contribution in [-0.4, -0.2) is 40.0 Å². The summed E-state index contributed by atoms with van der Waals surface area (Å²) in [5, 5.41) is 0.201. The van der Waals surface area contributed by atoms with E-state index in [1.165, 1.54) is 30.7 Å². The van der Waals surface area contributed by atoms with E-state index in [0.717, 1.165) is 0 Å². The van der Waals surface area contributed by atoms with E-state index >= 15 is 0 Å². The number of nitrogens with zero attached hydrogens (tertiary/aromatic N) is 1. The van der Waals surface area contributed by atoms with Gasteiger partial charge in [0.25, 0.3) is 0 Å². The van der Waals surface area contributed by atoms with Crippen molar-refractivity contribution < 1.29 is 17.9 Å². The molecule has 0 fully saturated rings. The van der Waals surface area contributed by atoms with E-state index in [9.17, 15) is 8.42 Å². The first kappa shape index (κ1) is 16.1. The summed E-state index contributed by atoms with van der Waals surface area (Å²) in [5.74, 6) is 0.614. The number of hydrogen-bond donors (Lipinski definition) is 0. The normalized spacial score (nSPS) is 11.7. The number of sulfonamides is 1. The lowest BCUT2D eigenvalue weighted by Gasteiger charge is -2.19. The van der Waals surface area contributed by atoms with Crippen LogP contribution in [0.4, 0.5) is 0 Å². The Balaban J connectivity index is 3.40. The molecule has 0 unspecified atom stereocenters. The second-order valence-electron chi connectivity index (χ2n) is 3.73. The molecule has 1 aromatic carbocycles. The lowest BCUT2D eigenvalue weighted by molar-refractivity contribution is 0.353. The molecule has 7 heteroatoms. The summed E-state index contributed by atoms with van der Waals surface area (Å²) in [6.45, 7) is 4.35. The molecule has 0 atom stereocenters. The Bertz CT molecular complexity index is 541. The molecule has 0 aromatic heterocycles. The SMILES string of the molecule is CCN(CC)S(=O)(=O)c1cc(Cl)c(OC)c(OC)c1. The average Bonchev–Trinajstić information content (AvgIpc) is 2.38. The first-order chi connectivity index (χ1) is 8.92. The molecule has 0 N–H and O–H groups in total. The molecule has 5 nitrogen and oxygen atoms in total. The molecule has 0 bridgehead atoms. The van der Waals surface area contributed by atoms with Crippen molar-refractivity contribution in [3.63, 3.8) is 0 Å². The van der Waals surface area contributed by atoms with E-state index in [-0.39, 0.29) is 9.92 Å². The van der Waals surface area contributed by atoms with Gasteiger partial charge in [-0.1, -0.05) is 25.4 Å². The van der Waals surface area contributed by atoms with Crippen LogP contribution in [0.25, 0.3) is 0 Å². The van der Waals surface area contributed by atoms with Crippen LogP contribution in [0.2, 0.25) is 5.02 Å². The van der Waals surface area contributed by atoms with Gasteiger partial charge in [0.2, 0.25) is 10.0 Å². The lowest BCUT2D eigenvalue weighted by atomic mass is 10.3. The summed E-state index contributed by atoms with van der Waals surface area (Å²) < 4.78 is 36.3. The van der Waals surface area contributed by atoms with Crippen LogP contribution in [0, 0.1) is 0 Å². The van der Waals surface area contributed by atoms with Gasteiger partial charge in [-0.05, 0) is 6.07 Å². The Morgan fingerprint density at radius 3 is 2.16 bits per heavy atom. The zero-order valence-electron chi connectivity index (χ0n) is 11.4. The maximum absolute atomic E-state index is 12.4. The van der Waals surface area contributed by atoms with Gasteiger partial charge in [0.05, 0.1) is 24.1 Å². The van der Waals surface area contributed by atoms with Crippen LogP contribution < -0.4 is 9.47 Å². The monoisotopic (exact) mass is 307 g/mol. The third kappa shape index (κ3) is 3.13.